The maximum atomic E-state index is 13.1. The molecule has 0 saturated heterocycles. The van der Waals surface area contributed by atoms with Gasteiger partial charge in [-0.1, -0.05) is 35.9 Å². The number of benzene rings is 2. The fourth-order valence-corrected chi connectivity index (χ4v) is 2.01. The highest BCUT2D eigenvalue weighted by atomic mass is 35.5. The Labute approximate surface area is 116 Å². The minimum absolute atomic E-state index is 0.0913. The maximum absolute atomic E-state index is 13.1. The topological polar surface area (TPSA) is 12.0 Å². The molecule has 0 amide bonds. The molecule has 1 N–H and O–H groups in total. The molecule has 2 rings (SSSR count). The van der Waals surface area contributed by atoms with Gasteiger partial charge in [0.15, 0.2) is 11.6 Å². The number of hydrogen-bond donors (Lipinski definition) is 1. The minimum Gasteiger partial charge on any atom is -0.306 e. The van der Waals surface area contributed by atoms with Crippen molar-refractivity contribution in [2.24, 2.45) is 0 Å². The molecule has 0 fully saturated rings. The lowest BCUT2D eigenvalue weighted by molar-refractivity contribution is 0.500. The van der Waals surface area contributed by atoms with E-state index < -0.39 is 11.6 Å². The van der Waals surface area contributed by atoms with Crippen molar-refractivity contribution >= 4 is 11.6 Å². The molecule has 1 atom stereocenters. The lowest BCUT2D eigenvalue weighted by Gasteiger charge is -2.15. The highest BCUT2D eigenvalue weighted by Gasteiger charge is 2.09. The molecule has 0 aliphatic heterocycles. The van der Waals surface area contributed by atoms with Gasteiger partial charge in [0.25, 0.3) is 0 Å². The van der Waals surface area contributed by atoms with Crippen molar-refractivity contribution in [1.82, 2.24) is 5.32 Å². The molecular weight excluding hydrogens is 268 g/mol. The Hall–Kier alpha value is -1.45. The van der Waals surface area contributed by atoms with Crippen LogP contribution in [0.4, 0.5) is 8.78 Å². The van der Waals surface area contributed by atoms with E-state index in [0.717, 1.165) is 11.6 Å². The number of halogens is 3. The lowest BCUT2D eigenvalue weighted by Crippen LogP contribution is -2.18. The van der Waals surface area contributed by atoms with E-state index in [9.17, 15) is 8.78 Å². The number of rotatable bonds is 4. The van der Waals surface area contributed by atoms with Crippen LogP contribution in [0.15, 0.2) is 42.5 Å². The largest absolute Gasteiger partial charge is 0.306 e. The van der Waals surface area contributed by atoms with Gasteiger partial charge in [0, 0.05) is 17.6 Å². The molecule has 0 spiro atoms. The average Bonchev–Trinajstić information content (AvgIpc) is 2.40. The van der Waals surface area contributed by atoms with Crippen molar-refractivity contribution in [3.63, 3.8) is 0 Å². The molecule has 0 bridgehead atoms. The summed E-state index contributed by atoms with van der Waals surface area (Å²) in [6.45, 7) is 2.46. The van der Waals surface area contributed by atoms with E-state index in [1.807, 2.05) is 31.2 Å². The monoisotopic (exact) mass is 281 g/mol. The van der Waals surface area contributed by atoms with Crippen LogP contribution in [0.5, 0.6) is 0 Å². The van der Waals surface area contributed by atoms with E-state index >= 15 is 0 Å². The van der Waals surface area contributed by atoms with Crippen molar-refractivity contribution in [1.29, 1.82) is 0 Å². The summed E-state index contributed by atoms with van der Waals surface area (Å²) in [5.74, 6) is -1.66. The number of nitrogens with one attached hydrogen (secondary N) is 1. The van der Waals surface area contributed by atoms with Crippen LogP contribution in [0.3, 0.4) is 0 Å². The molecule has 0 radical (unpaired) electrons. The number of hydrogen-bond acceptors (Lipinski definition) is 1. The average molecular weight is 282 g/mol. The Balaban J connectivity index is 2.03. The molecule has 2 aromatic carbocycles. The van der Waals surface area contributed by atoms with E-state index in [1.165, 1.54) is 6.07 Å². The molecule has 0 aromatic heterocycles. The second kappa shape index (κ2) is 6.13. The molecule has 2 aromatic rings. The molecule has 1 unspecified atom stereocenters. The van der Waals surface area contributed by atoms with Crippen LogP contribution in [0, 0.1) is 11.6 Å². The zero-order chi connectivity index (χ0) is 13.8. The van der Waals surface area contributed by atoms with Gasteiger partial charge in [0.2, 0.25) is 0 Å². The Morgan fingerprint density at radius 2 is 1.84 bits per heavy atom. The first-order chi connectivity index (χ1) is 9.08. The Kier molecular flexibility index (Phi) is 4.51. The lowest BCUT2D eigenvalue weighted by atomic mass is 10.1. The van der Waals surface area contributed by atoms with Crippen molar-refractivity contribution in [3.8, 4) is 0 Å². The predicted molar refractivity (Wildman–Crippen MR) is 73.1 cm³/mol. The van der Waals surface area contributed by atoms with Gasteiger partial charge in [-0.3, -0.25) is 0 Å². The third kappa shape index (κ3) is 3.52. The zero-order valence-corrected chi connectivity index (χ0v) is 11.2. The van der Waals surface area contributed by atoms with Crippen LogP contribution in [0.25, 0.3) is 0 Å². The van der Waals surface area contributed by atoms with E-state index in [0.29, 0.717) is 17.1 Å². The van der Waals surface area contributed by atoms with Gasteiger partial charge in [-0.15, -0.1) is 0 Å². The summed E-state index contributed by atoms with van der Waals surface area (Å²) >= 11 is 6.05. The highest BCUT2D eigenvalue weighted by Crippen LogP contribution is 2.19. The highest BCUT2D eigenvalue weighted by molar-refractivity contribution is 6.31. The normalized spacial score (nSPS) is 12.4. The molecular formula is C15H14ClF2N. The zero-order valence-electron chi connectivity index (χ0n) is 10.5. The molecule has 0 aliphatic rings. The van der Waals surface area contributed by atoms with E-state index in [2.05, 4.69) is 5.32 Å². The van der Waals surface area contributed by atoms with Gasteiger partial charge < -0.3 is 5.32 Å². The smallest absolute Gasteiger partial charge is 0.159 e. The molecule has 0 aliphatic carbocycles. The van der Waals surface area contributed by atoms with Gasteiger partial charge in [-0.05, 0) is 36.2 Å². The summed E-state index contributed by atoms with van der Waals surface area (Å²) in [5.41, 5.74) is 1.67. The predicted octanol–water partition coefficient (Wildman–Crippen LogP) is 4.47. The van der Waals surface area contributed by atoms with Crippen molar-refractivity contribution < 1.29 is 8.78 Å². The second-order valence-electron chi connectivity index (χ2n) is 4.37. The maximum Gasteiger partial charge on any atom is 0.159 e. The molecule has 0 heterocycles. The van der Waals surface area contributed by atoms with Crippen LogP contribution in [0.2, 0.25) is 5.02 Å². The van der Waals surface area contributed by atoms with Gasteiger partial charge >= 0.3 is 0 Å². The summed E-state index contributed by atoms with van der Waals surface area (Å²) in [5, 5.41) is 3.92. The summed E-state index contributed by atoms with van der Waals surface area (Å²) in [6.07, 6.45) is 0. The van der Waals surface area contributed by atoms with E-state index in [-0.39, 0.29) is 6.04 Å². The second-order valence-corrected chi connectivity index (χ2v) is 4.77. The van der Waals surface area contributed by atoms with Crippen LogP contribution < -0.4 is 5.32 Å². The SMILES string of the molecule is CC(NCc1ccccc1Cl)c1ccc(F)c(F)c1. The first-order valence-electron chi connectivity index (χ1n) is 5.99. The molecule has 4 heteroatoms. The third-order valence-electron chi connectivity index (χ3n) is 3.00. The molecule has 100 valence electrons. The fourth-order valence-electron chi connectivity index (χ4n) is 1.80. The van der Waals surface area contributed by atoms with Gasteiger partial charge in [-0.2, -0.15) is 0 Å². The van der Waals surface area contributed by atoms with Crippen LogP contribution >= 0.6 is 11.6 Å². The first kappa shape index (κ1) is 14.0. The molecule has 19 heavy (non-hydrogen) atoms. The van der Waals surface area contributed by atoms with E-state index in [4.69, 9.17) is 11.6 Å². The summed E-state index contributed by atoms with van der Waals surface area (Å²) in [6, 6.07) is 11.3. The van der Waals surface area contributed by atoms with Crippen LogP contribution in [-0.2, 0) is 6.54 Å². The van der Waals surface area contributed by atoms with Crippen molar-refractivity contribution in [2.75, 3.05) is 0 Å². The summed E-state index contributed by atoms with van der Waals surface area (Å²) in [7, 11) is 0. The third-order valence-corrected chi connectivity index (χ3v) is 3.37. The summed E-state index contributed by atoms with van der Waals surface area (Å²) < 4.78 is 26.0. The van der Waals surface area contributed by atoms with Gasteiger partial charge in [-0.25, -0.2) is 8.78 Å². The Morgan fingerprint density at radius 1 is 1.11 bits per heavy atom. The molecule has 0 saturated carbocycles. The van der Waals surface area contributed by atoms with Crippen molar-refractivity contribution in [2.45, 2.75) is 19.5 Å². The summed E-state index contributed by atoms with van der Waals surface area (Å²) in [4.78, 5) is 0. The van der Waals surface area contributed by atoms with Crippen molar-refractivity contribution in [3.05, 3.63) is 70.2 Å². The molecule has 1 nitrogen and oxygen atoms in total. The van der Waals surface area contributed by atoms with Crippen LogP contribution in [-0.4, -0.2) is 0 Å². The van der Waals surface area contributed by atoms with Crippen LogP contribution in [0.1, 0.15) is 24.1 Å². The fraction of sp³-hybridized carbons (Fsp3) is 0.200. The van der Waals surface area contributed by atoms with E-state index in [1.54, 1.807) is 6.07 Å². The minimum atomic E-state index is -0.831. The first-order valence-corrected chi connectivity index (χ1v) is 6.37. The van der Waals surface area contributed by atoms with Gasteiger partial charge in [0.1, 0.15) is 0 Å². The Morgan fingerprint density at radius 3 is 2.53 bits per heavy atom. The quantitative estimate of drug-likeness (QED) is 0.872. The Bertz CT molecular complexity index is 572. The van der Waals surface area contributed by atoms with Gasteiger partial charge in [0.05, 0.1) is 0 Å². The standard InChI is InChI=1S/C15H14ClF2N/c1-10(11-6-7-14(17)15(18)8-11)19-9-12-4-2-3-5-13(12)16/h2-8,10,19H,9H2,1H3.